The van der Waals surface area contributed by atoms with E-state index in [-0.39, 0.29) is 5.41 Å². The van der Waals surface area contributed by atoms with Crippen LogP contribution in [0.15, 0.2) is 48.5 Å². The molecule has 19 heavy (non-hydrogen) atoms. The van der Waals surface area contributed by atoms with E-state index in [1.54, 1.807) is 0 Å². The maximum absolute atomic E-state index is 8.88. The summed E-state index contributed by atoms with van der Waals surface area (Å²) in [4.78, 5) is 0. The van der Waals surface area contributed by atoms with E-state index in [0.717, 1.165) is 11.1 Å². The van der Waals surface area contributed by atoms with Crippen LogP contribution in [-0.2, 0) is 0 Å². The van der Waals surface area contributed by atoms with Gasteiger partial charge in [0.15, 0.2) is 0 Å². The molecule has 1 aliphatic rings. The number of fused-ring (bicyclic) bond motifs is 2. The van der Waals surface area contributed by atoms with Gasteiger partial charge in [-0.2, -0.15) is 0 Å². The average molecular weight is 251 g/mol. The molecule has 2 aromatic carbocycles. The van der Waals surface area contributed by atoms with Crippen LogP contribution in [0.3, 0.4) is 0 Å². The largest absolute Gasteiger partial charge is 0.0620 e. The Morgan fingerprint density at radius 1 is 0.789 bits per heavy atom. The summed E-state index contributed by atoms with van der Waals surface area (Å²) in [7, 11) is 0. The molecule has 0 amide bonds. The van der Waals surface area contributed by atoms with Crippen LogP contribution >= 0.6 is 0 Å². The summed E-state index contributed by atoms with van der Waals surface area (Å²) >= 11 is 0. The Labute approximate surface area is 117 Å². The maximum atomic E-state index is 8.88. The van der Waals surface area contributed by atoms with Crippen molar-refractivity contribution in [3.8, 4) is 0 Å². The first-order valence-corrected chi connectivity index (χ1v) is 7.02. The van der Waals surface area contributed by atoms with E-state index in [0.29, 0.717) is 5.92 Å². The predicted octanol–water partition coefficient (Wildman–Crippen LogP) is 5.33. The molecule has 0 heteroatoms. The lowest BCUT2D eigenvalue weighted by atomic mass is 9.64. The fourth-order valence-corrected chi connectivity index (χ4v) is 3.43. The van der Waals surface area contributed by atoms with Crippen LogP contribution in [0.4, 0.5) is 0 Å². The number of rotatable bonds is 0. The Morgan fingerprint density at radius 3 is 1.53 bits per heavy atom. The van der Waals surface area contributed by atoms with Crippen LogP contribution < -0.4 is 0 Å². The summed E-state index contributed by atoms with van der Waals surface area (Å²) in [5.74, 6) is -0.303. The monoisotopic (exact) mass is 251 g/mol. The Kier molecular flexibility index (Phi) is 2.51. The third kappa shape index (κ3) is 1.90. The van der Waals surface area contributed by atoms with Gasteiger partial charge in [-0.3, -0.25) is 0 Å². The summed E-state index contributed by atoms with van der Waals surface area (Å²) < 4.78 is 8.88. The smallest absolute Gasteiger partial charge is 0.0399 e. The number of benzene rings is 2. The van der Waals surface area contributed by atoms with Gasteiger partial charge in [0.25, 0.3) is 0 Å². The first-order valence-electron chi connectivity index (χ1n) is 7.52. The molecule has 0 aromatic heterocycles. The number of hydrogen-bond donors (Lipinski definition) is 0. The van der Waals surface area contributed by atoms with Gasteiger partial charge in [-0.1, -0.05) is 76.2 Å². The molecule has 2 aromatic rings. The van der Waals surface area contributed by atoms with E-state index in [2.05, 4.69) is 69.3 Å². The first kappa shape index (κ1) is 11.3. The van der Waals surface area contributed by atoms with E-state index in [1.165, 1.54) is 11.1 Å². The third-order valence-corrected chi connectivity index (χ3v) is 4.22. The van der Waals surface area contributed by atoms with Gasteiger partial charge in [0.2, 0.25) is 0 Å². The molecule has 0 saturated heterocycles. The minimum atomic E-state index is -0.658. The van der Waals surface area contributed by atoms with Gasteiger partial charge in [-0.15, -0.1) is 0 Å². The second kappa shape index (κ2) is 4.23. The molecule has 1 aliphatic carbocycles. The van der Waals surface area contributed by atoms with Crippen molar-refractivity contribution in [2.45, 2.75) is 39.5 Å². The van der Waals surface area contributed by atoms with E-state index in [4.69, 9.17) is 1.37 Å². The summed E-state index contributed by atoms with van der Waals surface area (Å²) in [6.07, 6.45) is 0. The van der Waals surface area contributed by atoms with Crippen LogP contribution in [0.5, 0.6) is 0 Å². The van der Waals surface area contributed by atoms with Gasteiger partial charge in [-0.25, -0.2) is 0 Å². The van der Waals surface area contributed by atoms with Gasteiger partial charge >= 0.3 is 0 Å². The van der Waals surface area contributed by atoms with Crippen LogP contribution in [0, 0.1) is 5.41 Å². The molecule has 0 bridgehead atoms. The van der Waals surface area contributed by atoms with Crippen LogP contribution in [0.25, 0.3) is 0 Å². The third-order valence-electron chi connectivity index (χ3n) is 4.22. The minimum Gasteiger partial charge on any atom is -0.0620 e. The van der Waals surface area contributed by atoms with Crippen molar-refractivity contribution in [3.63, 3.8) is 0 Å². The van der Waals surface area contributed by atoms with Crippen molar-refractivity contribution in [1.82, 2.24) is 0 Å². The molecule has 0 nitrogen and oxygen atoms in total. The average Bonchev–Trinajstić information content (AvgIpc) is 2.38. The molecule has 0 atom stereocenters. The van der Waals surface area contributed by atoms with Gasteiger partial charge in [0, 0.05) is 13.2 Å². The van der Waals surface area contributed by atoms with Crippen molar-refractivity contribution < 1.29 is 1.37 Å². The highest BCUT2D eigenvalue weighted by molar-refractivity contribution is 5.53. The summed E-state index contributed by atoms with van der Waals surface area (Å²) in [5, 5.41) is 0. The van der Waals surface area contributed by atoms with Crippen molar-refractivity contribution in [3.05, 3.63) is 70.8 Å². The van der Waals surface area contributed by atoms with E-state index in [9.17, 15) is 0 Å². The van der Waals surface area contributed by atoms with Crippen LogP contribution in [0.2, 0.25) is 0 Å². The first-order chi connectivity index (χ1) is 9.33. The SMILES string of the molecule is [2H]C1(C)c2ccccc2C(C(C)(C)C)c2ccccc21. The molecular weight excluding hydrogens is 228 g/mol. The Balaban J connectivity index is 2.36. The number of hydrogen-bond acceptors (Lipinski definition) is 0. The Hall–Kier alpha value is -1.56. The molecule has 0 aliphatic heterocycles. The molecule has 0 spiro atoms. The van der Waals surface area contributed by atoms with Crippen LogP contribution in [0.1, 0.15) is 63.1 Å². The zero-order valence-electron chi connectivity index (χ0n) is 13.2. The van der Waals surface area contributed by atoms with Crippen molar-refractivity contribution in [2.24, 2.45) is 5.41 Å². The highest BCUT2D eigenvalue weighted by atomic mass is 14.4. The van der Waals surface area contributed by atoms with Gasteiger partial charge in [0.1, 0.15) is 0 Å². The maximum Gasteiger partial charge on any atom is 0.0399 e. The lowest BCUT2D eigenvalue weighted by molar-refractivity contribution is 0.350. The Bertz CT molecular complexity index is 597. The summed E-state index contributed by atoms with van der Waals surface area (Å²) in [6.45, 7) is 8.89. The topological polar surface area (TPSA) is 0 Å². The fourth-order valence-electron chi connectivity index (χ4n) is 3.43. The van der Waals surface area contributed by atoms with E-state index >= 15 is 0 Å². The van der Waals surface area contributed by atoms with Crippen molar-refractivity contribution in [1.29, 1.82) is 0 Å². The fraction of sp³-hybridized carbons (Fsp3) is 0.368. The molecule has 0 heterocycles. The lowest BCUT2D eigenvalue weighted by Crippen LogP contribution is -2.26. The van der Waals surface area contributed by atoms with Crippen molar-refractivity contribution in [2.75, 3.05) is 0 Å². The lowest BCUT2D eigenvalue weighted by Gasteiger charge is -2.40. The standard InChI is InChI=1S/C19H22/c1-13-14-9-5-7-11-16(14)18(19(2,3)4)17-12-8-6-10-15(13)17/h5-13,18H,1-4H3/i13D. The van der Waals surface area contributed by atoms with Crippen LogP contribution in [-0.4, -0.2) is 0 Å². The highest BCUT2D eigenvalue weighted by Crippen LogP contribution is 2.50. The normalized spacial score (nSPS) is 26.3. The van der Waals surface area contributed by atoms with E-state index < -0.39 is 5.89 Å². The minimum absolute atomic E-state index is 0.142. The quantitative estimate of drug-likeness (QED) is 0.593. The predicted molar refractivity (Wildman–Crippen MR) is 81.7 cm³/mol. The zero-order chi connectivity index (χ0) is 14.5. The molecule has 0 fully saturated rings. The summed E-state index contributed by atoms with van der Waals surface area (Å²) in [5.41, 5.74) is 5.08. The zero-order valence-corrected chi connectivity index (χ0v) is 12.2. The molecule has 0 unspecified atom stereocenters. The second-order valence-electron chi connectivity index (χ2n) is 6.60. The highest BCUT2D eigenvalue weighted by Gasteiger charge is 2.36. The molecule has 0 saturated carbocycles. The Morgan fingerprint density at radius 2 is 1.16 bits per heavy atom. The molecule has 0 N–H and O–H groups in total. The molecule has 3 rings (SSSR count). The van der Waals surface area contributed by atoms with E-state index in [1.807, 2.05) is 6.92 Å². The summed E-state index contributed by atoms with van der Waals surface area (Å²) in [6, 6.07) is 17.0. The molecule has 98 valence electrons. The second-order valence-corrected chi connectivity index (χ2v) is 6.60. The van der Waals surface area contributed by atoms with Crippen molar-refractivity contribution >= 4 is 0 Å². The van der Waals surface area contributed by atoms with Gasteiger partial charge in [0.05, 0.1) is 0 Å². The van der Waals surface area contributed by atoms with Gasteiger partial charge < -0.3 is 0 Å². The molecule has 0 radical (unpaired) electrons. The molecular formula is C19H22. The van der Waals surface area contributed by atoms with Gasteiger partial charge in [-0.05, 0) is 27.7 Å².